The van der Waals surface area contributed by atoms with Crippen molar-refractivity contribution in [3.05, 3.63) is 89.0 Å². The SMILES string of the molecule is Cc1cc(C=Nc2ccc(F)cc2)c(C)n1NC(=O)c1ccccc1. The summed E-state index contributed by atoms with van der Waals surface area (Å²) in [6, 6.07) is 17.0. The normalized spacial score (nSPS) is 11.0. The van der Waals surface area contributed by atoms with Crippen molar-refractivity contribution in [1.29, 1.82) is 0 Å². The van der Waals surface area contributed by atoms with Crippen LogP contribution in [0.3, 0.4) is 0 Å². The van der Waals surface area contributed by atoms with E-state index in [4.69, 9.17) is 0 Å². The van der Waals surface area contributed by atoms with Crippen molar-refractivity contribution in [3.63, 3.8) is 0 Å². The first-order valence-corrected chi connectivity index (χ1v) is 7.89. The Kier molecular flexibility index (Phi) is 4.75. The average molecular weight is 335 g/mol. The molecule has 3 aromatic rings. The van der Waals surface area contributed by atoms with Crippen molar-refractivity contribution in [1.82, 2.24) is 4.68 Å². The van der Waals surface area contributed by atoms with Gasteiger partial charge in [0.1, 0.15) is 5.82 Å². The minimum atomic E-state index is -0.291. The zero-order chi connectivity index (χ0) is 17.8. The molecule has 0 bridgehead atoms. The Labute approximate surface area is 145 Å². The fourth-order valence-corrected chi connectivity index (χ4v) is 2.52. The van der Waals surface area contributed by atoms with Gasteiger partial charge in [0.05, 0.1) is 5.69 Å². The molecular formula is C20H18FN3O. The molecule has 0 saturated carbocycles. The lowest BCUT2D eigenvalue weighted by Gasteiger charge is -2.11. The van der Waals surface area contributed by atoms with Crippen molar-refractivity contribution < 1.29 is 9.18 Å². The minimum absolute atomic E-state index is 0.176. The number of halogens is 1. The van der Waals surface area contributed by atoms with Gasteiger partial charge in [-0.25, -0.2) is 4.39 Å². The molecule has 0 unspecified atom stereocenters. The highest BCUT2D eigenvalue weighted by Gasteiger charge is 2.11. The largest absolute Gasteiger partial charge is 0.270 e. The molecule has 0 aliphatic heterocycles. The predicted octanol–water partition coefficient (Wildman–Crippen LogP) is 4.38. The van der Waals surface area contributed by atoms with Gasteiger partial charge in [0.25, 0.3) is 5.91 Å². The van der Waals surface area contributed by atoms with E-state index in [2.05, 4.69) is 10.4 Å². The van der Waals surface area contributed by atoms with Gasteiger partial charge >= 0.3 is 0 Å². The van der Waals surface area contributed by atoms with E-state index in [9.17, 15) is 9.18 Å². The lowest BCUT2D eigenvalue weighted by Crippen LogP contribution is -2.24. The third-order valence-electron chi connectivity index (χ3n) is 3.90. The van der Waals surface area contributed by atoms with Crippen LogP contribution in [-0.2, 0) is 0 Å². The smallest absolute Gasteiger partial charge is 0.267 e. The zero-order valence-corrected chi connectivity index (χ0v) is 14.0. The number of hydrogen-bond donors (Lipinski definition) is 1. The van der Waals surface area contributed by atoms with Gasteiger partial charge in [0.2, 0.25) is 0 Å². The van der Waals surface area contributed by atoms with Crippen LogP contribution in [0.4, 0.5) is 10.1 Å². The molecule has 1 heterocycles. The number of aryl methyl sites for hydroxylation is 1. The van der Waals surface area contributed by atoms with Gasteiger partial charge in [-0.05, 0) is 56.3 Å². The molecule has 0 aliphatic carbocycles. The molecule has 4 nitrogen and oxygen atoms in total. The molecule has 0 saturated heterocycles. The summed E-state index contributed by atoms with van der Waals surface area (Å²) in [5.74, 6) is -0.467. The molecule has 2 aromatic carbocycles. The van der Waals surface area contributed by atoms with E-state index in [1.165, 1.54) is 12.1 Å². The van der Waals surface area contributed by atoms with Crippen LogP contribution < -0.4 is 5.43 Å². The number of benzene rings is 2. The van der Waals surface area contributed by atoms with Gasteiger partial charge in [-0.1, -0.05) is 18.2 Å². The molecule has 3 rings (SSSR count). The maximum absolute atomic E-state index is 12.9. The van der Waals surface area contributed by atoms with Crippen molar-refractivity contribution in [3.8, 4) is 0 Å². The van der Waals surface area contributed by atoms with Crippen LogP contribution in [0.5, 0.6) is 0 Å². The van der Waals surface area contributed by atoms with Crippen molar-refractivity contribution in [2.24, 2.45) is 4.99 Å². The summed E-state index contributed by atoms with van der Waals surface area (Å²) in [5, 5.41) is 0. The maximum atomic E-state index is 12.9. The third kappa shape index (κ3) is 3.83. The molecule has 0 aliphatic rings. The molecular weight excluding hydrogens is 317 g/mol. The zero-order valence-electron chi connectivity index (χ0n) is 14.0. The second-order valence-corrected chi connectivity index (χ2v) is 5.70. The summed E-state index contributed by atoms with van der Waals surface area (Å²) in [4.78, 5) is 16.7. The number of nitrogens with one attached hydrogen (secondary N) is 1. The number of nitrogens with zero attached hydrogens (tertiary/aromatic N) is 2. The van der Waals surface area contributed by atoms with Crippen molar-refractivity contribution >= 4 is 17.8 Å². The van der Waals surface area contributed by atoms with Gasteiger partial charge in [-0.2, -0.15) is 0 Å². The van der Waals surface area contributed by atoms with E-state index in [-0.39, 0.29) is 11.7 Å². The summed E-state index contributed by atoms with van der Waals surface area (Å²) in [6.45, 7) is 3.82. The number of carbonyl (C=O) groups excluding carboxylic acids is 1. The van der Waals surface area contributed by atoms with Gasteiger partial charge in [-0.3, -0.25) is 19.9 Å². The van der Waals surface area contributed by atoms with E-state index >= 15 is 0 Å². The third-order valence-corrected chi connectivity index (χ3v) is 3.90. The van der Waals surface area contributed by atoms with E-state index in [0.717, 1.165) is 17.0 Å². The Bertz CT molecular complexity index is 912. The van der Waals surface area contributed by atoms with Crippen LogP contribution in [0.2, 0.25) is 0 Å². The molecule has 0 radical (unpaired) electrons. The van der Waals surface area contributed by atoms with Gasteiger partial charge in [-0.15, -0.1) is 0 Å². The molecule has 0 atom stereocenters. The summed E-state index contributed by atoms with van der Waals surface area (Å²) >= 11 is 0. The molecule has 1 amide bonds. The Morgan fingerprint density at radius 3 is 2.44 bits per heavy atom. The van der Waals surface area contributed by atoms with Gasteiger partial charge in [0.15, 0.2) is 0 Å². The van der Waals surface area contributed by atoms with Gasteiger partial charge in [0, 0.05) is 28.7 Å². The number of aromatic nitrogens is 1. The standard InChI is InChI=1S/C20H18FN3O/c1-14-12-17(13-22-19-10-8-18(21)9-11-19)15(2)24(14)23-20(25)16-6-4-3-5-7-16/h3-13H,1-2H3,(H,23,25). The Balaban J connectivity index is 1.81. The van der Waals surface area contributed by atoms with Crippen LogP contribution in [-0.4, -0.2) is 16.8 Å². The van der Waals surface area contributed by atoms with Crippen LogP contribution in [0, 0.1) is 19.7 Å². The summed E-state index contributed by atoms with van der Waals surface area (Å²) in [7, 11) is 0. The van der Waals surface area contributed by atoms with Crippen LogP contribution in [0.1, 0.15) is 27.3 Å². The lowest BCUT2D eigenvalue weighted by molar-refractivity contribution is 0.101. The lowest BCUT2D eigenvalue weighted by atomic mass is 10.2. The number of carbonyl (C=O) groups is 1. The summed E-state index contributed by atoms with van der Waals surface area (Å²) < 4.78 is 14.7. The van der Waals surface area contributed by atoms with E-state index in [0.29, 0.717) is 11.3 Å². The highest BCUT2D eigenvalue weighted by atomic mass is 19.1. The number of rotatable bonds is 4. The second kappa shape index (κ2) is 7.13. The fraction of sp³-hybridized carbons (Fsp3) is 0.100. The highest BCUT2D eigenvalue weighted by molar-refractivity contribution is 6.00. The molecule has 126 valence electrons. The number of amides is 1. The first-order chi connectivity index (χ1) is 12.0. The van der Waals surface area contributed by atoms with Crippen LogP contribution >= 0.6 is 0 Å². The molecule has 0 fully saturated rings. The van der Waals surface area contributed by atoms with Crippen molar-refractivity contribution in [2.45, 2.75) is 13.8 Å². The molecule has 1 aromatic heterocycles. The van der Waals surface area contributed by atoms with E-state index in [1.54, 1.807) is 35.2 Å². The Hall–Kier alpha value is -3.21. The second-order valence-electron chi connectivity index (χ2n) is 5.70. The Morgan fingerprint density at radius 1 is 1.08 bits per heavy atom. The average Bonchev–Trinajstić information content (AvgIpc) is 2.89. The minimum Gasteiger partial charge on any atom is -0.267 e. The first-order valence-electron chi connectivity index (χ1n) is 7.89. The van der Waals surface area contributed by atoms with Crippen molar-refractivity contribution in [2.75, 3.05) is 5.43 Å². The quantitative estimate of drug-likeness (QED) is 0.707. The molecule has 0 spiro atoms. The monoisotopic (exact) mass is 335 g/mol. The van der Waals surface area contributed by atoms with Crippen LogP contribution in [0.15, 0.2) is 65.7 Å². The number of aliphatic imine (C=N–C) groups is 1. The topological polar surface area (TPSA) is 46.4 Å². The molecule has 1 N–H and O–H groups in total. The Morgan fingerprint density at radius 2 is 1.76 bits per heavy atom. The predicted molar refractivity (Wildman–Crippen MR) is 97.7 cm³/mol. The molecule has 25 heavy (non-hydrogen) atoms. The van der Waals surface area contributed by atoms with E-state index < -0.39 is 0 Å². The maximum Gasteiger partial charge on any atom is 0.270 e. The fourth-order valence-electron chi connectivity index (χ4n) is 2.52. The number of hydrogen-bond acceptors (Lipinski definition) is 2. The summed E-state index contributed by atoms with van der Waals surface area (Å²) in [6.07, 6.45) is 1.71. The summed E-state index contributed by atoms with van der Waals surface area (Å²) in [5.41, 5.74) is 6.79. The van der Waals surface area contributed by atoms with Crippen LogP contribution in [0.25, 0.3) is 0 Å². The van der Waals surface area contributed by atoms with Gasteiger partial charge < -0.3 is 0 Å². The first kappa shape index (κ1) is 16.6. The molecule has 5 heteroatoms. The van der Waals surface area contributed by atoms with E-state index in [1.807, 2.05) is 38.1 Å². The highest BCUT2D eigenvalue weighted by Crippen LogP contribution is 2.16.